The quantitative estimate of drug-likeness (QED) is 0.717. The van der Waals surface area contributed by atoms with Gasteiger partial charge in [0, 0.05) is 18.6 Å². The van der Waals surface area contributed by atoms with E-state index in [1.165, 1.54) is 51.7 Å². The summed E-state index contributed by atoms with van der Waals surface area (Å²) in [5.41, 5.74) is 0. The highest BCUT2D eigenvalue weighted by Gasteiger charge is 2.22. The van der Waals surface area contributed by atoms with Crippen LogP contribution in [0.15, 0.2) is 0 Å². The second-order valence-corrected chi connectivity index (χ2v) is 5.91. The van der Waals surface area contributed by atoms with Gasteiger partial charge in [0.25, 0.3) is 0 Å². The maximum absolute atomic E-state index is 3.70. The van der Waals surface area contributed by atoms with E-state index in [2.05, 4.69) is 43.1 Å². The van der Waals surface area contributed by atoms with Gasteiger partial charge in [-0.25, -0.2) is 0 Å². The molecule has 0 bridgehead atoms. The Balaban J connectivity index is 2.32. The molecule has 1 atom stereocenters. The van der Waals surface area contributed by atoms with Crippen LogP contribution in [0.3, 0.4) is 0 Å². The van der Waals surface area contributed by atoms with Crippen LogP contribution in [0.2, 0.25) is 0 Å². The molecule has 3 nitrogen and oxygen atoms in total. The third kappa shape index (κ3) is 5.68. The minimum absolute atomic E-state index is 0.680. The zero-order valence-electron chi connectivity index (χ0n) is 12.9. The van der Waals surface area contributed by atoms with Gasteiger partial charge in [0.15, 0.2) is 0 Å². The van der Waals surface area contributed by atoms with Crippen LogP contribution in [0.25, 0.3) is 0 Å². The Morgan fingerprint density at radius 1 is 1.22 bits per heavy atom. The number of likely N-dealkylation sites (N-methyl/N-ethyl adjacent to an activating group) is 1. The van der Waals surface area contributed by atoms with Gasteiger partial charge in [-0.3, -0.25) is 0 Å². The van der Waals surface area contributed by atoms with Crippen LogP contribution in [0.5, 0.6) is 0 Å². The molecule has 1 aliphatic rings. The molecule has 3 heteroatoms. The molecule has 0 aromatic carbocycles. The third-order valence-electron chi connectivity index (χ3n) is 4.14. The number of rotatable bonds is 8. The Morgan fingerprint density at radius 2 is 1.89 bits per heavy atom. The third-order valence-corrected chi connectivity index (χ3v) is 4.14. The predicted octanol–water partition coefficient (Wildman–Crippen LogP) is 2.18. The molecule has 1 N–H and O–H groups in total. The van der Waals surface area contributed by atoms with Gasteiger partial charge in [-0.1, -0.05) is 20.3 Å². The molecule has 0 spiro atoms. The van der Waals surface area contributed by atoms with Crippen LogP contribution in [-0.4, -0.2) is 62.2 Å². The number of piperidine rings is 1. The first-order valence-corrected chi connectivity index (χ1v) is 7.79. The van der Waals surface area contributed by atoms with Crippen molar-refractivity contribution in [3.63, 3.8) is 0 Å². The fourth-order valence-corrected chi connectivity index (χ4v) is 2.89. The van der Waals surface area contributed by atoms with Crippen molar-refractivity contribution in [3.05, 3.63) is 0 Å². The fourth-order valence-electron chi connectivity index (χ4n) is 2.89. The van der Waals surface area contributed by atoms with Gasteiger partial charge in [0.2, 0.25) is 0 Å². The van der Waals surface area contributed by atoms with E-state index in [0.29, 0.717) is 6.04 Å². The molecule has 0 saturated carbocycles. The first-order chi connectivity index (χ1) is 8.67. The van der Waals surface area contributed by atoms with E-state index in [1.807, 2.05) is 0 Å². The molecule has 0 aromatic heterocycles. The molecule has 1 saturated heterocycles. The molecule has 1 unspecified atom stereocenters. The van der Waals surface area contributed by atoms with Gasteiger partial charge in [-0.2, -0.15) is 0 Å². The summed E-state index contributed by atoms with van der Waals surface area (Å²) in [5.74, 6) is 0. The van der Waals surface area contributed by atoms with Crippen molar-refractivity contribution in [1.82, 2.24) is 15.1 Å². The summed E-state index contributed by atoms with van der Waals surface area (Å²) in [4.78, 5) is 5.04. The summed E-state index contributed by atoms with van der Waals surface area (Å²) in [7, 11) is 4.55. The summed E-state index contributed by atoms with van der Waals surface area (Å²) in [6, 6.07) is 1.48. The summed E-state index contributed by atoms with van der Waals surface area (Å²) in [6.07, 6.45) is 6.48. The second-order valence-electron chi connectivity index (χ2n) is 5.91. The highest BCUT2D eigenvalue weighted by molar-refractivity contribution is 4.80. The Hall–Kier alpha value is -0.120. The van der Waals surface area contributed by atoms with Crippen molar-refractivity contribution in [2.75, 3.05) is 40.3 Å². The second kappa shape index (κ2) is 8.89. The van der Waals surface area contributed by atoms with Crippen LogP contribution >= 0.6 is 0 Å². The molecule has 0 radical (unpaired) electrons. The fraction of sp³-hybridized carbons (Fsp3) is 1.00. The molecule has 1 rings (SSSR count). The maximum atomic E-state index is 3.70. The molecule has 0 aliphatic carbocycles. The zero-order valence-corrected chi connectivity index (χ0v) is 12.9. The topological polar surface area (TPSA) is 18.5 Å². The van der Waals surface area contributed by atoms with Gasteiger partial charge < -0.3 is 15.1 Å². The lowest BCUT2D eigenvalue weighted by atomic mass is 10.0. The van der Waals surface area contributed by atoms with E-state index in [4.69, 9.17) is 0 Å². The summed E-state index contributed by atoms with van der Waals surface area (Å²) in [6.45, 7) is 9.42. The standard InChI is InChI=1S/C15H33N3/c1-5-7-14(16-10-6-2)13-18(4)15-8-11-17(3)12-9-15/h14-16H,5-13H2,1-4H3. The zero-order chi connectivity index (χ0) is 13.4. The number of hydrogen-bond donors (Lipinski definition) is 1. The van der Waals surface area contributed by atoms with Gasteiger partial charge in [0.1, 0.15) is 0 Å². The Morgan fingerprint density at radius 3 is 2.44 bits per heavy atom. The average molecular weight is 255 g/mol. The largest absolute Gasteiger partial charge is 0.313 e. The first kappa shape index (κ1) is 15.9. The molecule has 1 aliphatic heterocycles. The number of nitrogens with one attached hydrogen (secondary N) is 1. The summed E-state index contributed by atoms with van der Waals surface area (Å²) in [5, 5.41) is 3.70. The molecule has 108 valence electrons. The molecular formula is C15H33N3. The Kier molecular flexibility index (Phi) is 7.87. The van der Waals surface area contributed by atoms with E-state index in [0.717, 1.165) is 12.6 Å². The predicted molar refractivity (Wildman–Crippen MR) is 80.1 cm³/mol. The maximum Gasteiger partial charge on any atom is 0.0194 e. The van der Waals surface area contributed by atoms with Crippen LogP contribution in [0, 0.1) is 0 Å². The van der Waals surface area contributed by atoms with E-state index in [-0.39, 0.29) is 0 Å². The monoisotopic (exact) mass is 255 g/mol. The highest BCUT2D eigenvalue weighted by atomic mass is 15.2. The first-order valence-electron chi connectivity index (χ1n) is 7.79. The van der Waals surface area contributed by atoms with Crippen LogP contribution in [-0.2, 0) is 0 Å². The SMILES string of the molecule is CCCNC(CCC)CN(C)C1CCN(C)CC1. The van der Waals surface area contributed by atoms with E-state index >= 15 is 0 Å². The normalized spacial score (nSPS) is 20.5. The van der Waals surface area contributed by atoms with E-state index in [1.54, 1.807) is 0 Å². The highest BCUT2D eigenvalue weighted by Crippen LogP contribution is 2.15. The molecule has 1 heterocycles. The lowest BCUT2D eigenvalue weighted by Crippen LogP contribution is -2.47. The summed E-state index contributed by atoms with van der Waals surface area (Å²) >= 11 is 0. The smallest absolute Gasteiger partial charge is 0.0194 e. The van der Waals surface area contributed by atoms with Crippen molar-refractivity contribution in [1.29, 1.82) is 0 Å². The molecule has 0 aromatic rings. The van der Waals surface area contributed by atoms with Crippen LogP contribution < -0.4 is 5.32 Å². The van der Waals surface area contributed by atoms with Gasteiger partial charge in [0.05, 0.1) is 0 Å². The molecular weight excluding hydrogens is 222 g/mol. The van der Waals surface area contributed by atoms with Gasteiger partial charge in [-0.15, -0.1) is 0 Å². The Bertz CT molecular complexity index is 200. The average Bonchev–Trinajstić information content (AvgIpc) is 2.37. The van der Waals surface area contributed by atoms with Crippen molar-refractivity contribution < 1.29 is 0 Å². The van der Waals surface area contributed by atoms with Crippen molar-refractivity contribution in [2.24, 2.45) is 0 Å². The number of likely N-dealkylation sites (tertiary alicyclic amines) is 1. The molecule has 18 heavy (non-hydrogen) atoms. The lowest BCUT2D eigenvalue weighted by Gasteiger charge is -2.37. The van der Waals surface area contributed by atoms with E-state index in [9.17, 15) is 0 Å². The lowest BCUT2D eigenvalue weighted by molar-refractivity contribution is 0.133. The minimum Gasteiger partial charge on any atom is -0.313 e. The van der Waals surface area contributed by atoms with Crippen molar-refractivity contribution in [3.8, 4) is 0 Å². The van der Waals surface area contributed by atoms with Crippen molar-refractivity contribution >= 4 is 0 Å². The van der Waals surface area contributed by atoms with Crippen molar-refractivity contribution in [2.45, 2.75) is 58.0 Å². The van der Waals surface area contributed by atoms with Crippen LogP contribution in [0.1, 0.15) is 46.0 Å². The Labute approximate surface area is 114 Å². The minimum atomic E-state index is 0.680. The molecule has 1 fully saturated rings. The number of hydrogen-bond acceptors (Lipinski definition) is 3. The van der Waals surface area contributed by atoms with E-state index < -0.39 is 0 Å². The van der Waals surface area contributed by atoms with Crippen LogP contribution in [0.4, 0.5) is 0 Å². The number of nitrogens with zero attached hydrogens (tertiary/aromatic N) is 2. The van der Waals surface area contributed by atoms with Gasteiger partial charge >= 0.3 is 0 Å². The summed E-state index contributed by atoms with van der Waals surface area (Å²) < 4.78 is 0. The van der Waals surface area contributed by atoms with Gasteiger partial charge in [-0.05, 0) is 59.4 Å². The molecule has 0 amide bonds.